The van der Waals surface area contributed by atoms with Crippen LogP contribution in [-0.4, -0.2) is 18.9 Å². The number of aryl methyl sites for hydroxylation is 2. The van der Waals surface area contributed by atoms with Gasteiger partial charge in [-0.05, 0) is 48.9 Å². The summed E-state index contributed by atoms with van der Waals surface area (Å²) in [7, 11) is 0. The van der Waals surface area contributed by atoms with Crippen molar-refractivity contribution in [3.63, 3.8) is 0 Å². The Labute approximate surface area is 270 Å². The SMILES string of the molecule is Cc1nc2c3[c-]c(Oc4[c-]c(-n5c6ccccc6c6cccnc65)cc(C(C)(C)C)c4)ccc3c3ccccc3n2c1C.[Pt+2]. The standard InChI is InChI=1S/C38H30N4O.Pt/c1-23-24(2)41-34-14-8-6-11-30(34)29-17-16-27(22-33(29)37(41)40-23)43-28-20-25(38(3,4)5)19-26(21-28)42-35-15-9-7-12-31(35)32-13-10-18-39-36(32)42;/h6-20H,1-5H3;/q-2;+2. The number of hydrogen-bond acceptors (Lipinski definition) is 3. The molecule has 8 aromatic rings. The van der Waals surface area contributed by atoms with Gasteiger partial charge in [-0.25, -0.2) is 4.98 Å². The predicted octanol–water partition coefficient (Wildman–Crippen LogP) is 9.44. The van der Waals surface area contributed by atoms with E-state index in [1.54, 1.807) is 0 Å². The van der Waals surface area contributed by atoms with Gasteiger partial charge in [-0.2, -0.15) is 0 Å². The van der Waals surface area contributed by atoms with Gasteiger partial charge in [0.05, 0.1) is 11.2 Å². The smallest absolute Gasteiger partial charge is 0.503 e. The van der Waals surface area contributed by atoms with Crippen molar-refractivity contribution >= 4 is 49.3 Å². The number of imidazole rings is 1. The Kier molecular flexibility index (Phi) is 6.64. The van der Waals surface area contributed by atoms with Gasteiger partial charge < -0.3 is 13.7 Å². The number of para-hydroxylation sites is 2. The van der Waals surface area contributed by atoms with Crippen LogP contribution in [0.15, 0.2) is 91.1 Å². The summed E-state index contributed by atoms with van der Waals surface area (Å²) in [4.78, 5) is 9.73. The quantitative estimate of drug-likeness (QED) is 0.134. The molecule has 0 saturated carbocycles. The predicted molar refractivity (Wildman–Crippen MR) is 175 cm³/mol. The second kappa shape index (κ2) is 10.3. The van der Waals surface area contributed by atoms with E-state index < -0.39 is 0 Å². The van der Waals surface area contributed by atoms with E-state index in [-0.39, 0.29) is 26.5 Å². The summed E-state index contributed by atoms with van der Waals surface area (Å²) in [6.45, 7) is 10.8. The Bertz CT molecular complexity index is 2340. The number of benzene rings is 4. The largest absolute Gasteiger partial charge is 2.00 e. The van der Waals surface area contributed by atoms with E-state index in [0.29, 0.717) is 11.5 Å². The molecule has 0 aliphatic carbocycles. The minimum Gasteiger partial charge on any atom is -0.503 e. The van der Waals surface area contributed by atoms with Gasteiger partial charge in [0.25, 0.3) is 0 Å². The van der Waals surface area contributed by atoms with Crippen LogP contribution in [0, 0.1) is 26.0 Å². The van der Waals surface area contributed by atoms with Gasteiger partial charge in [0.2, 0.25) is 0 Å². The molecule has 4 heterocycles. The molecule has 0 radical (unpaired) electrons. The number of hydrogen-bond donors (Lipinski definition) is 0. The number of pyridine rings is 2. The molecule has 4 aromatic carbocycles. The molecular weight excluding hydrogens is 724 g/mol. The molecule has 0 bridgehead atoms. The van der Waals surface area contributed by atoms with Crippen molar-refractivity contribution in [3.8, 4) is 17.2 Å². The van der Waals surface area contributed by atoms with E-state index >= 15 is 0 Å². The third-order valence-corrected chi connectivity index (χ3v) is 8.51. The molecule has 8 rings (SSSR count). The Hall–Kier alpha value is -4.47. The third-order valence-electron chi connectivity index (χ3n) is 8.51. The van der Waals surface area contributed by atoms with Crippen LogP contribution in [0.3, 0.4) is 0 Å². The summed E-state index contributed by atoms with van der Waals surface area (Å²) in [6, 6.07) is 36.6. The van der Waals surface area contributed by atoms with Crippen LogP contribution in [0.5, 0.6) is 11.5 Å². The first-order chi connectivity index (χ1) is 20.8. The van der Waals surface area contributed by atoms with Gasteiger partial charge >= 0.3 is 21.1 Å². The van der Waals surface area contributed by atoms with E-state index in [0.717, 1.165) is 71.9 Å². The maximum absolute atomic E-state index is 6.60. The molecule has 44 heavy (non-hydrogen) atoms. The zero-order chi connectivity index (χ0) is 29.5. The van der Waals surface area contributed by atoms with Crippen molar-refractivity contribution in [2.24, 2.45) is 0 Å². The Morgan fingerprint density at radius 1 is 0.705 bits per heavy atom. The summed E-state index contributed by atoms with van der Waals surface area (Å²) in [5.41, 5.74) is 8.07. The molecule has 0 aliphatic heterocycles. The van der Waals surface area contributed by atoms with Crippen LogP contribution in [-0.2, 0) is 26.5 Å². The maximum atomic E-state index is 6.60. The van der Waals surface area contributed by atoms with Gasteiger partial charge in [-0.15, -0.1) is 35.9 Å². The van der Waals surface area contributed by atoms with Gasteiger partial charge in [0, 0.05) is 45.4 Å². The van der Waals surface area contributed by atoms with Crippen LogP contribution in [0.25, 0.3) is 54.9 Å². The molecule has 0 spiro atoms. The third kappa shape index (κ3) is 4.33. The Morgan fingerprint density at radius 3 is 2.18 bits per heavy atom. The van der Waals surface area contributed by atoms with Gasteiger partial charge in [-0.3, -0.25) is 4.98 Å². The van der Waals surface area contributed by atoms with Crippen LogP contribution in [0.4, 0.5) is 0 Å². The fourth-order valence-electron chi connectivity index (χ4n) is 6.20. The molecule has 0 saturated heterocycles. The first kappa shape index (κ1) is 28.3. The molecule has 0 fully saturated rings. The van der Waals surface area contributed by atoms with E-state index in [1.165, 1.54) is 0 Å². The fourth-order valence-corrected chi connectivity index (χ4v) is 6.20. The normalized spacial score (nSPS) is 12.0. The van der Waals surface area contributed by atoms with Crippen LogP contribution < -0.4 is 4.74 Å². The average Bonchev–Trinajstić information content (AvgIpc) is 3.50. The molecular formula is C38H30N4OPt. The zero-order valence-electron chi connectivity index (χ0n) is 25.2. The van der Waals surface area contributed by atoms with Gasteiger partial charge in [0.1, 0.15) is 5.65 Å². The summed E-state index contributed by atoms with van der Waals surface area (Å²) >= 11 is 0. The van der Waals surface area contributed by atoms with Gasteiger partial charge in [0.15, 0.2) is 0 Å². The summed E-state index contributed by atoms with van der Waals surface area (Å²) in [5.74, 6) is 1.25. The van der Waals surface area contributed by atoms with Crippen molar-refractivity contribution < 1.29 is 25.8 Å². The van der Waals surface area contributed by atoms with Crippen molar-refractivity contribution in [1.29, 1.82) is 0 Å². The summed E-state index contributed by atoms with van der Waals surface area (Å²) in [5, 5.41) is 5.47. The van der Waals surface area contributed by atoms with Crippen molar-refractivity contribution in [2.45, 2.75) is 40.0 Å². The van der Waals surface area contributed by atoms with Crippen molar-refractivity contribution in [3.05, 3.63) is 120 Å². The van der Waals surface area contributed by atoms with Crippen LogP contribution in [0.1, 0.15) is 37.7 Å². The molecule has 0 N–H and O–H groups in total. The van der Waals surface area contributed by atoms with E-state index in [4.69, 9.17) is 14.7 Å². The fraction of sp³-hybridized carbons (Fsp3) is 0.158. The molecule has 0 amide bonds. The van der Waals surface area contributed by atoms with Crippen LogP contribution in [0.2, 0.25) is 0 Å². The molecule has 4 aromatic heterocycles. The Balaban J connectivity index is 0.00000312. The maximum Gasteiger partial charge on any atom is 2.00 e. The topological polar surface area (TPSA) is 44.3 Å². The Morgan fingerprint density at radius 2 is 1.41 bits per heavy atom. The zero-order valence-corrected chi connectivity index (χ0v) is 27.4. The summed E-state index contributed by atoms with van der Waals surface area (Å²) in [6.07, 6.45) is 1.84. The molecule has 0 unspecified atom stereocenters. The molecule has 0 aliphatic rings. The van der Waals surface area contributed by atoms with E-state index in [9.17, 15) is 0 Å². The molecule has 5 nitrogen and oxygen atoms in total. The number of aromatic nitrogens is 4. The number of ether oxygens (including phenoxy) is 1. The second-order valence-electron chi connectivity index (χ2n) is 12.3. The first-order valence-electron chi connectivity index (χ1n) is 14.6. The van der Waals surface area contributed by atoms with Crippen molar-refractivity contribution in [1.82, 2.24) is 18.9 Å². The number of rotatable bonds is 3. The molecule has 218 valence electrons. The van der Waals surface area contributed by atoms with Crippen molar-refractivity contribution in [2.75, 3.05) is 0 Å². The van der Waals surface area contributed by atoms with Crippen LogP contribution >= 0.6 is 0 Å². The van der Waals surface area contributed by atoms with Gasteiger partial charge in [-0.1, -0.05) is 79.7 Å². The minimum absolute atomic E-state index is 0. The van der Waals surface area contributed by atoms with E-state index in [2.05, 4.69) is 129 Å². The first-order valence-corrected chi connectivity index (χ1v) is 14.6. The molecule has 0 atom stereocenters. The number of fused-ring (bicyclic) bond motifs is 9. The second-order valence-corrected chi connectivity index (χ2v) is 12.3. The number of nitrogens with zero attached hydrogens (tertiary/aromatic N) is 4. The van der Waals surface area contributed by atoms with E-state index in [1.807, 2.05) is 18.3 Å². The summed E-state index contributed by atoms with van der Waals surface area (Å²) < 4.78 is 11.0. The minimum atomic E-state index is -0.114. The monoisotopic (exact) mass is 753 g/mol. The molecule has 6 heteroatoms. The average molecular weight is 754 g/mol.